The van der Waals surface area contributed by atoms with Crippen LogP contribution in [0.3, 0.4) is 0 Å². The molecule has 2 aliphatic heterocycles. The van der Waals surface area contributed by atoms with Crippen molar-refractivity contribution in [3.05, 3.63) is 59.8 Å². The van der Waals surface area contributed by atoms with E-state index in [2.05, 4.69) is 50.2 Å². The van der Waals surface area contributed by atoms with Gasteiger partial charge in [0.2, 0.25) is 0 Å². The number of anilines is 1. The van der Waals surface area contributed by atoms with Gasteiger partial charge < -0.3 is 10.1 Å². The molecule has 2 N–H and O–H groups in total. The first-order valence-electron chi connectivity index (χ1n) is 10.9. The van der Waals surface area contributed by atoms with Crippen molar-refractivity contribution in [1.82, 2.24) is 20.6 Å². The minimum Gasteiger partial charge on any atom is -0.365 e. The van der Waals surface area contributed by atoms with Gasteiger partial charge in [-0.25, -0.2) is 10.3 Å². The van der Waals surface area contributed by atoms with Crippen molar-refractivity contribution in [3.8, 4) is 0 Å². The molecule has 4 rings (SSSR count). The van der Waals surface area contributed by atoms with Gasteiger partial charge in [0.25, 0.3) is 5.91 Å². The fourth-order valence-corrected chi connectivity index (χ4v) is 3.78. The average Bonchev–Trinajstić information content (AvgIpc) is 3.25. The van der Waals surface area contributed by atoms with Crippen molar-refractivity contribution in [2.75, 3.05) is 25.0 Å². The smallest absolute Gasteiger partial charge is 0.267 e. The highest BCUT2D eigenvalue weighted by Gasteiger charge is 2.22. The number of benzene rings is 1. The number of nitrogens with one attached hydrogen (secondary N) is 2. The number of amides is 1. The molecule has 3 heterocycles. The Labute approximate surface area is 182 Å². The maximum absolute atomic E-state index is 11.9. The van der Waals surface area contributed by atoms with Crippen molar-refractivity contribution < 1.29 is 14.4 Å². The predicted molar refractivity (Wildman–Crippen MR) is 118 cm³/mol. The molecule has 2 aliphatic rings. The van der Waals surface area contributed by atoms with Crippen molar-refractivity contribution >= 4 is 17.8 Å². The summed E-state index contributed by atoms with van der Waals surface area (Å²) in [6, 6.07) is 14.6. The molecule has 31 heavy (non-hydrogen) atoms. The number of likely N-dealkylation sites (tertiary alicyclic amines) is 1. The number of rotatable bonds is 8. The van der Waals surface area contributed by atoms with Crippen molar-refractivity contribution in [2.24, 2.45) is 0 Å². The second-order valence-corrected chi connectivity index (χ2v) is 7.91. The van der Waals surface area contributed by atoms with Crippen LogP contribution in [0.1, 0.15) is 36.9 Å². The highest BCUT2D eigenvalue weighted by atomic mass is 16.8. The Hall–Kier alpha value is -2.81. The Morgan fingerprint density at radius 1 is 1.16 bits per heavy atom. The molecule has 0 radical (unpaired) electrons. The molecule has 1 aromatic heterocycles. The van der Waals surface area contributed by atoms with E-state index in [1.165, 1.54) is 11.6 Å². The lowest BCUT2D eigenvalue weighted by Gasteiger charge is -2.21. The van der Waals surface area contributed by atoms with Gasteiger partial charge in [-0.05, 0) is 43.0 Å². The van der Waals surface area contributed by atoms with Gasteiger partial charge in [0, 0.05) is 44.8 Å². The lowest BCUT2D eigenvalue weighted by atomic mass is 10.2. The number of hydroxylamine groups is 1. The van der Waals surface area contributed by atoms with E-state index >= 15 is 0 Å². The van der Waals surface area contributed by atoms with Crippen LogP contribution in [0.25, 0.3) is 6.08 Å². The van der Waals surface area contributed by atoms with Crippen LogP contribution in [0.15, 0.2) is 48.5 Å². The minimum absolute atomic E-state index is 0.351. The van der Waals surface area contributed by atoms with Crippen LogP contribution >= 0.6 is 0 Å². The molecule has 164 valence electrons. The first kappa shape index (κ1) is 21.4. The van der Waals surface area contributed by atoms with Crippen LogP contribution in [0.2, 0.25) is 0 Å². The molecule has 0 bridgehead atoms. The summed E-state index contributed by atoms with van der Waals surface area (Å²) in [5.74, 6) is 0.383. The lowest BCUT2D eigenvalue weighted by Crippen LogP contribution is -2.32. The van der Waals surface area contributed by atoms with Crippen molar-refractivity contribution in [2.45, 2.75) is 44.6 Å². The van der Waals surface area contributed by atoms with Crippen LogP contribution in [0, 0.1) is 0 Å². The van der Waals surface area contributed by atoms with E-state index in [4.69, 9.17) is 9.57 Å². The Morgan fingerprint density at radius 3 is 2.84 bits per heavy atom. The second kappa shape index (κ2) is 11.0. The molecule has 0 spiro atoms. The standard InChI is InChI=1S/C23H29N5O3/c29-22(27-31-23-8-4-5-15-30-23)12-10-19-9-11-21(26-25-19)24-20-13-14-28(17-20)16-18-6-2-1-3-7-18/h1-3,6-7,9-12,20,23H,4-5,8,13-17H2,(H,24,26)(H,27,29)/t20-,23?/m1/s1. The Balaban J connectivity index is 1.19. The van der Waals surface area contributed by atoms with E-state index in [1.54, 1.807) is 6.08 Å². The second-order valence-electron chi connectivity index (χ2n) is 7.91. The summed E-state index contributed by atoms with van der Waals surface area (Å²) in [5.41, 5.74) is 4.32. The number of aromatic nitrogens is 2. The van der Waals surface area contributed by atoms with Gasteiger partial charge in [-0.15, -0.1) is 10.2 Å². The summed E-state index contributed by atoms with van der Waals surface area (Å²) >= 11 is 0. The van der Waals surface area contributed by atoms with Crippen molar-refractivity contribution in [1.29, 1.82) is 0 Å². The van der Waals surface area contributed by atoms with Gasteiger partial charge in [-0.2, -0.15) is 0 Å². The molecule has 8 nitrogen and oxygen atoms in total. The Bertz CT molecular complexity index is 853. The number of carbonyl (C=O) groups excluding carboxylic acids is 1. The number of hydrogen-bond acceptors (Lipinski definition) is 7. The normalized spacial score (nSPS) is 21.9. The number of hydrogen-bond donors (Lipinski definition) is 2. The van der Waals surface area contributed by atoms with Gasteiger partial charge in [0.05, 0.1) is 5.69 Å². The van der Waals surface area contributed by atoms with E-state index in [-0.39, 0.29) is 12.2 Å². The molecule has 8 heteroatoms. The summed E-state index contributed by atoms with van der Waals surface area (Å²) in [5, 5.41) is 11.9. The molecule has 1 amide bonds. The molecule has 0 saturated carbocycles. The zero-order valence-corrected chi connectivity index (χ0v) is 17.6. The van der Waals surface area contributed by atoms with Crippen LogP contribution in [0.4, 0.5) is 5.82 Å². The van der Waals surface area contributed by atoms with Crippen LogP contribution in [-0.2, 0) is 20.9 Å². The highest BCUT2D eigenvalue weighted by molar-refractivity contribution is 5.90. The Morgan fingerprint density at radius 2 is 2.06 bits per heavy atom. The fourth-order valence-electron chi connectivity index (χ4n) is 3.78. The molecule has 2 saturated heterocycles. The van der Waals surface area contributed by atoms with E-state index < -0.39 is 0 Å². The maximum atomic E-state index is 11.9. The first-order valence-corrected chi connectivity index (χ1v) is 10.9. The molecular weight excluding hydrogens is 394 g/mol. The SMILES string of the molecule is O=C(C=Cc1ccc(N[C@@H]2CCN(Cc3ccccc3)C2)nn1)NOC1CCCCO1. The summed E-state index contributed by atoms with van der Waals surface area (Å²) in [6.45, 7) is 3.67. The van der Waals surface area contributed by atoms with E-state index in [1.807, 2.05) is 18.2 Å². The van der Waals surface area contributed by atoms with Crippen LogP contribution in [0.5, 0.6) is 0 Å². The fraction of sp³-hybridized carbons (Fsp3) is 0.435. The average molecular weight is 424 g/mol. The van der Waals surface area contributed by atoms with E-state index in [0.717, 1.165) is 51.1 Å². The molecule has 1 unspecified atom stereocenters. The van der Waals surface area contributed by atoms with Gasteiger partial charge in [-0.3, -0.25) is 9.69 Å². The van der Waals surface area contributed by atoms with Crippen LogP contribution < -0.4 is 10.8 Å². The molecule has 1 aromatic carbocycles. The van der Waals surface area contributed by atoms with Crippen LogP contribution in [-0.4, -0.2) is 53.0 Å². The van der Waals surface area contributed by atoms with E-state index in [9.17, 15) is 4.79 Å². The van der Waals surface area contributed by atoms with Gasteiger partial charge in [-0.1, -0.05) is 30.3 Å². The summed E-state index contributed by atoms with van der Waals surface area (Å²) < 4.78 is 5.40. The minimum atomic E-state index is -0.365. The summed E-state index contributed by atoms with van der Waals surface area (Å²) in [7, 11) is 0. The third kappa shape index (κ3) is 6.85. The van der Waals surface area contributed by atoms with Gasteiger partial charge in [0.15, 0.2) is 6.29 Å². The summed E-state index contributed by atoms with van der Waals surface area (Å²) in [6.07, 6.45) is 6.54. The van der Waals surface area contributed by atoms with Gasteiger partial charge in [0.1, 0.15) is 5.82 Å². The molecule has 0 aliphatic carbocycles. The number of nitrogens with zero attached hydrogens (tertiary/aromatic N) is 3. The third-order valence-electron chi connectivity index (χ3n) is 5.39. The largest absolute Gasteiger partial charge is 0.365 e. The van der Waals surface area contributed by atoms with Crippen molar-refractivity contribution in [3.63, 3.8) is 0 Å². The monoisotopic (exact) mass is 423 g/mol. The summed E-state index contributed by atoms with van der Waals surface area (Å²) in [4.78, 5) is 19.6. The molecular formula is C23H29N5O3. The topological polar surface area (TPSA) is 88.6 Å². The van der Waals surface area contributed by atoms with Gasteiger partial charge >= 0.3 is 0 Å². The number of carbonyl (C=O) groups is 1. The highest BCUT2D eigenvalue weighted by Crippen LogP contribution is 2.17. The predicted octanol–water partition coefficient (Wildman–Crippen LogP) is 2.75. The Kier molecular flexibility index (Phi) is 7.60. The van der Waals surface area contributed by atoms with E-state index in [0.29, 0.717) is 18.3 Å². The lowest BCUT2D eigenvalue weighted by molar-refractivity contribution is -0.198. The third-order valence-corrected chi connectivity index (χ3v) is 5.39. The zero-order chi connectivity index (χ0) is 21.3. The molecule has 2 fully saturated rings. The molecule has 2 aromatic rings. The zero-order valence-electron chi connectivity index (χ0n) is 17.6. The molecule has 2 atom stereocenters. The number of ether oxygens (including phenoxy) is 1. The maximum Gasteiger partial charge on any atom is 0.267 e. The quantitative estimate of drug-likeness (QED) is 0.499. The first-order chi connectivity index (χ1) is 15.2.